The Balaban J connectivity index is 2.07. The number of carbonyl (C=O) groups is 1. The first-order valence-corrected chi connectivity index (χ1v) is 6.22. The Morgan fingerprint density at radius 1 is 1.29 bits per heavy atom. The minimum Gasteiger partial charge on any atom is -0.478 e. The molecule has 1 aromatic rings. The zero-order valence-corrected chi connectivity index (χ0v) is 10.6. The summed E-state index contributed by atoms with van der Waals surface area (Å²) >= 11 is 0. The lowest BCUT2D eigenvalue weighted by Crippen LogP contribution is -2.24. The Morgan fingerprint density at radius 2 is 1.94 bits per heavy atom. The van der Waals surface area contributed by atoms with Crippen LogP contribution in [0.25, 0.3) is 0 Å². The van der Waals surface area contributed by atoms with E-state index in [-0.39, 0.29) is 0 Å². The number of aromatic carboxylic acids is 1. The zero-order valence-electron chi connectivity index (χ0n) is 10.6. The lowest BCUT2D eigenvalue weighted by molar-refractivity contribution is 0.0696. The smallest absolute Gasteiger partial charge is 0.337 e. The average Bonchev–Trinajstić information content (AvgIpc) is 2.86. The highest BCUT2D eigenvalue weighted by molar-refractivity contribution is 5.89. The molecule has 2 rings (SSSR count). The maximum atomic E-state index is 11.0. The molecule has 0 radical (unpaired) electrons. The molecule has 0 aromatic carbocycles. The number of aromatic nitrogens is 1. The molecule has 1 aliphatic rings. The molecule has 17 heavy (non-hydrogen) atoms. The van der Waals surface area contributed by atoms with Gasteiger partial charge in [0.05, 0.1) is 5.56 Å². The molecule has 94 valence electrons. The van der Waals surface area contributed by atoms with Crippen LogP contribution in [-0.2, 0) is 6.54 Å². The minimum absolute atomic E-state index is 0.434. The van der Waals surface area contributed by atoms with E-state index in [2.05, 4.69) is 9.47 Å². The largest absolute Gasteiger partial charge is 0.478 e. The number of hydrogen-bond donors (Lipinski definition) is 1. The lowest BCUT2D eigenvalue weighted by atomic mass is 10.2. The number of likely N-dealkylation sites (tertiary alicyclic amines) is 1. The minimum atomic E-state index is -0.828. The molecule has 4 nitrogen and oxygen atoms in total. The monoisotopic (exact) mass is 236 g/mol. The molecule has 0 atom stereocenters. The predicted octanol–water partition coefficient (Wildman–Crippen LogP) is 1.90. The second-order valence-electron chi connectivity index (χ2n) is 4.79. The van der Waals surface area contributed by atoms with Crippen molar-refractivity contribution in [1.82, 2.24) is 9.47 Å². The molecule has 0 saturated carbocycles. The molecule has 0 unspecified atom stereocenters. The summed E-state index contributed by atoms with van der Waals surface area (Å²) in [5, 5.41) is 9.06. The van der Waals surface area contributed by atoms with Crippen molar-refractivity contribution in [1.29, 1.82) is 0 Å². The van der Waals surface area contributed by atoms with Gasteiger partial charge in [-0.25, -0.2) is 4.79 Å². The van der Waals surface area contributed by atoms with E-state index in [1.54, 1.807) is 6.07 Å². The van der Waals surface area contributed by atoms with Gasteiger partial charge in [0.1, 0.15) is 0 Å². The molecular formula is C13H20N2O2. The molecule has 2 heterocycles. The SMILES string of the molecule is Cc1cc(C(=O)O)c(C)n1CCN1CCCC1. The van der Waals surface area contributed by atoms with Crippen LogP contribution in [0.1, 0.15) is 34.6 Å². The quantitative estimate of drug-likeness (QED) is 0.868. The summed E-state index contributed by atoms with van der Waals surface area (Å²) in [5.41, 5.74) is 2.34. The van der Waals surface area contributed by atoms with Crippen molar-refractivity contribution in [3.05, 3.63) is 23.0 Å². The van der Waals surface area contributed by atoms with Crippen LogP contribution in [0.2, 0.25) is 0 Å². The van der Waals surface area contributed by atoms with Crippen molar-refractivity contribution in [3.63, 3.8) is 0 Å². The molecule has 1 fully saturated rings. The Bertz CT molecular complexity index is 417. The van der Waals surface area contributed by atoms with E-state index in [0.717, 1.165) is 24.5 Å². The maximum absolute atomic E-state index is 11.0. The number of carboxylic acids is 1. The van der Waals surface area contributed by atoms with Crippen molar-refractivity contribution in [2.45, 2.75) is 33.2 Å². The molecule has 4 heteroatoms. The van der Waals surface area contributed by atoms with Crippen molar-refractivity contribution < 1.29 is 9.90 Å². The molecule has 1 N–H and O–H groups in total. The summed E-state index contributed by atoms with van der Waals surface area (Å²) in [6, 6.07) is 1.77. The zero-order chi connectivity index (χ0) is 12.4. The third kappa shape index (κ3) is 2.52. The summed E-state index contributed by atoms with van der Waals surface area (Å²) in [5.74, 6) is -0.828. The third-order valence-corrected chi connectivity index (χ3v) is 3.64. The molecule has 0 spiro atoms. The number of hydrogen-bond acceptors (Lipinski definition) is 2. The van der Waals surface area contributed by atoms with Gasteiger partial charge in [-0.15, -0.1) is 0 Å². The number of aryl methyl sites for hydroxylation is 1. The van der Waals surface area contributed by atoms with Crippen molar-refractivity contribution in [2.24, 2.45) is 0 Å². The molecule has 1 aromatic heterocycles. The molecular weight excluding hydrogens is 216 g/mol. The van der Waals surface area contributed by atoms with Gasteiger partial charge < -0.3 is 14.6 Å². The van der Waals surface area contributed by atoms with Crippen molar-refractivity contribution in [3.8, 4) is 0 Å². The highest BCUT2D eigenvalue weighted by atomic mass is 16.4. The summed E-state index contributed by atoms with van der Waals surface area (Å²) in [7, 11) is 0. The summed E-state index contributed by atoms with van der Waals surface area (Å²) in [6.45, 7) is 8.15. The predicted molar refractivity (Wildman–Crippen MR) is 66.5 cm³/mol. The highest BCUT2D eigenvalue weighted by Gasteiger charge is 2.16. The fourth-order valence-electron chi connectivity index (χ4n) is 2.61. The standard InChI is InChI=1S/C13H20N2O2/c1-10-9-12(13(16)17)11(2)15(10)8-7-14-5-3-4-6-14/h9H,3-8H2,1-2H3,(H,16,17). The van der Waals surface area contributed by atoms with Crippen molar-refractivity contribution >= 4 is 5.97 Å². The molecule has 0 aliphatic carbocycles. The van der Waals surface area contributed by atoms with Gasteiger partial charge in [0.2, 0.25) is 0 Å². The first kappa shape index (κ1) is 12.2. The van der Waals surface area contributed by atoms with Gasteiger partial charge in [-0.2, -0.15) is 0 Å². The second kappa shape index (κ2) is 4.92. The van der Waals surface area contributed by atoms with E-state index in [4.69, 9.17) is 5.11 Å². The molecule has 1 saturated heterocycles. The first-order chi connectivity index (χ1) is 8.09. The Morgan fingerprint density at radius 3 is 2.47 bits per heavy atom. The van der Waals surface area contributed by atoms with E-state index in [1.165, 1.54) is 25.9 Å². The fraction of sp³-hybridized carbons (Fsp3) is 0.615. The van der Waals surface area contributed by atoms with E-state index in [0.29, 0.717) is 5.56 Å². The summed E-state index contributed by atoms with van der Waals surface area (Å²) in [4.78, 5) is 13.5. The van der Waals surface area contributed by atoms with Crippen LogP contribution >= 0.6 is 0 Å². The van der Waals surface area contributed by atoms with Crippen molar-refractivity contribution in [2.75, 3.05) is 19.6 Å². The topological polar surface area (TPSA) is 45.5 Å². The van der Waals surface area contributed by atoms with E-state index >= 15 is 0 Å². The Kier molecular flexibility index (Phi) is 3.52. The van der Waals surface area contributed by atoms with Gasteiger partial charge in [0, 0.05) is 24.5 Å². The molecule has 1 aliphatic heterocycles. The van der Waals surface area contributed by atoms with Gasteiger partial charge in [0.25, 0.3) is 0 Å². The van der Waals surface area contributed by atoms with E-state index in [9.17, 15) is 4.79 Å². The first-order valence-electron chi connectivity index (χ1n) is 6.22. The highest BCUT2D eigenvalue weighted by Crippen LogP contribution is 2.16. The molecule has 0 amide bonds. The second-order valence-corrected chi connectivity index (χ2v) is 4.79. The van der Waals surface area contributed by atoms with Crippen LogP contribution in [0, 0.1) is 13.8 Å². The third-order valence-electron chi connectivity index (χ3n) is 3.64. The number of nitrogens with zero attached hydrogens (tertiary/aromatic N) is 2. The average molecular weight is 236 g/mol. The van der Waals surface area contributed by atoms with Gasteiger partial charge in [-0.1, -0.05) is 0 Å². The van der Waals surface area contributed by atoms with Crippen LogP contribution < -0.4 is 0 Å². The summed E-state index contributed by atoms with van der Waals surface area (Å²) < 4.78 is 2.11. The maximum Gasteiger partial charge on any atom is 0.337 e. The van der Waals surface area contributed by atoms with Gasteiger partial charge in [-0.3, -0.25) is 0 Å². The van der Waals surface area contributed by atoms with Crippen LogP contribution in [0.15, 0.2) is 6.07 Å². The Labute approximate surface area is 102 Å². The summed E-state index contributed by atoms with van der Waals surface area (Å²) in [6.07, 6.45) is 2.59. The van der Waals surface area contributed by atoms with Crippen LogP contribution in [0.3, 0.4) is 0 Å². The van der Waals surface area contributed by atoms with Crippen LogP contribution in [-0.4, -0.2) is 40.2 Å². The molecule has 0 bridgehead atoms. The lowest BCUT2D eigenvalue weighted by Gasteiger charge is -2.17. The van der Waals surface area contributed by atoms with E-state index in [1.807, 2.05) is 13.8 Å². The normalized spacial score (nSPS) is 16.6. The van der Waals surface area contributed by atoms with Gasteiger partial charge >= 0.3 is 5.97 Å². The number of rotatable bonds is 4. The van der Waals surface area contributed by atoms with Crippen LogP contribution in [0.4, 0.5) is 0 Å². The Hall–Kier alpha value is -1.29. The van der Waals surface area contributed by atoms with Crippen LogP contribution in [0.5, 0.6) is 0 Å². The van der Waals surface area contributed by atoms with E-state index < -0.39 is 5.97 Å². The fourth-order valence-corrected chi connectivity index (χ4v) is 2.61. The van der Waals surface area contributed by atoms with Gasteiger partial charge in [0.15, 0.2) is 0 Å². The van der Waals surface area contributed by atoms with Gasteiger partial charge in [-0.05, 0) is 45.8 Å². The number of carboxylic acid groups (broad SMARTS) is 1.